The SMILES string of the molecule is Cc1nc(C)c(C(=O)C2=C(O)C(=O)N(c3nnc(SCc4ccccc4)s3)C2c2ccc(F)cc2)s1. The molecule has 2 aromatic carbocycles. The number of Topliss-reactive ketones (excluding diaryl/α,β-unsaturated/α-hetero) is 1. The molecule has 1 unspecified atom stereocenters. The average Bonchev–Trinajstić information content (AvgIpc) is 3.54. The maximum atomic E-state index is 13.7. The number of hydrogen-bond donors (Lipinski definition) is 1. The number of thiazole rings is 1. The van der Waals surface area contributed by atoms with Crippen molar-refractivity contribution in [2.24, 2.45) is 0 Å². The van der Waals surface area contributed by atoms with Crippen LogP contribution in [-0.2, 0) is 10.5 Å². The molecule has 1 aliphatic rings. The van der Waals surface area contributed by atoms with Gasteiger partial charge in [0.1, 0.15) is 5.82 Å². The third kappa shape index (κ3) is 4.57. The maximum Gasteiger partial charge on any atom is 0.296 e. The Labute approximate surface area is 218 Å². The van der Waals surface area contributed by atoms with E-state index in [1.54, 1.807) is 13.8 Å². The Morgan fingerprint density at radius 2 is 1.81 bits per heavy atom. The molecule has 4 aromatic rings. The zero-order valence-electron chi connectivity index (χ0n) is 19.1. The molecule has 1 aliphatic heterocycles. The van der Waals surface area contributed by atoms with Crippen LogP contribution in [0.15, 0.2) is 70.3 Å². The lowest BCUT2D eigenvalue weighted by molar-refractivity contribution is -0.117. The Morgan fingerprint density at radius 1 is 1.08 bits per heavy atom. The number of aliphatic hydroxyl groups is 1. The van der Waals surface area contributed by atoms with Gasteiger partial charge in [0.2, 0.25) is 10.9 Å². The molecule has 182 valence electrons. The van der Waals surface area contributed by atoms with Gasteiger partial charge < -0.3 is 5.11 Å². The van der Waals surface area contributed by atoms with Gasteiger partial charge in [-0.2, -0.15) is 0 Å². The van der Waals surface area contributed by atoms with Crippen LogP contribution >= 0.6 is 34.4 Å². The van der Waals surface area contributed by atoms with Crippen LogP contribution in [0, 0.1) is 19.7 Å². The first-order chi connectivity index (χ1) is 17.3. The summed E-state index contributed by atoms with van der Waals surface area (Å²) in [5, 5.41) is 20.2. The van der Waals surface area contributed by atoms with Crippen LogP contribution in [0.25, 0.3) is 0 Å². The summed E-state index contributed by atoms with van der Waals surface area (Å²) in [6, 6.07) is 14.3. The minimum atomic E-state index is -0.993. The smallest absolute Gasteiger partial charge is 0.296 e. The number of ketones is 1. The number of carbonyl (C=O) groups excluding carboxylic acids is 2. The molecule has 36 heavy (non-hydrogen) atoms. The van der Waals surface area contributed by atoms with Gasteiger partial charge in [0.25, 0.3) is 5.91 Å². The van der Waals surface area contributed by atoms with Gasteiger partial charge in [-0.25, -0.2) is 9.37 Å². The van der Waals surface area contributed by atoms with Crippen LogP contribution in [0.2, 0.25) is 0 Å². The number of hydrogen-bond acceptors (Lipinski definition) is 9. The summed E-state index contributed by atoms with van der Waals surface area (Å²) in [4.78, 5) is 32.8. The van der Waals surface area contributed by atoms with E-state index in [4.69, 9.17) is 0 Å². The second-order valence-electron chi connectivity index (χ2n) is 7.99. The lowest BCUT2D eigenvalue weighted by atomic mass is 9.95. The van der Waals surface area contributed by atoms with E-state index in [0.717, 1.165) is 5.56 Å². The van der Waals surface area contributed by atoms with Gasteiger partial charge in [-0.3, -0.25) is 14.5 Å². The van der Waals surface area contributed by atoms with Crippen molar-refractivity contribution in [3.63, 3.8) is 0 Å². The molecule has 3 heterocycles. The van der Waals surface area contributed by atoms with Crippen molar-refractivity contribution < 1.29 is 19.1 Å². The van der Waals surface area contributed by atoms with Gasteiger partial charge in [-0.05, 0) is 37.1 Å². The Balaban J connectivity index is 1.52. The first-order valence-corrected chi connectivity index (χ1v) is 13.5. The Bertz CT molecular complexity index is 1480. The number of amides is 1. The summed E-state index contributed by atoms with van der Waals surface area (Å²) >= 11 is 3.85. The summed E-state index contributed by atoms with van der Waals surface area (Å²) in [5.74, 6) is -1.71. The third-order valence-electron chi connectivity index (χ3n) is 5.56. The van der Waals surface area contributed by atoms with Crippen LogP contribution < -0.4 is 4.90 Å². The van der Waals surface area contributed by atoms with Crippen molar-refractivity contribution in [3.05, 3.63) is 98.5 Å². The standard InChI is InChI=1S/C25H19FN4O3S3/c1-13-22(35-14(2)27-13)20(31)18-19(16-8-10-17(26)11-9-16)30(23(33)21(18)32)24-28-29-25(36-24)34-12-15-6-4-3-5-7-15/h3-11,19,32H,12H2,1-2H3. The van der Waals surface area contributed by atoms with E-state index in [0.29, 0.717) is 31.2 Å². The zero-order chi connectivity index (χ0) is 25.4. The lowest BCUT2D eigenvalue weighted by Gasteiger charge is -2.24. The summed E-state index contributed by atoms with van der Waals surface area (Å²) in [7, 11) is 0. The van der Waals surface area contributed by atoms with Gasteiger partial charge in [0.05, 0.1) is 27.2 Å². The minimum Gasteiger partial charge on any atom is -0.503 e. The highest BCUT2D eigenvalue weighted by molar-refractivity contribution is 8.00. The number of thioether (sulfide) groups is 1. The number of nitrogens with zero attached hydrogens (tertiary/aromatic N) is 4. The van der Waals surface area contributed by atoms with Crippen molar-refractivity contribution in [2.45, 2.75) is 30.0 Å². The van der Waals surface area contributed by atoms with Gasteiger partial charge in [-0.1, -0.05) is 65.6 Å². The molecule has 0 bridgehead atoms. The number of halogens is 1. The van der Waals surface area contributed by atoms with Gasteiger partial charge in [0, 0.05) is 5.75 Å². The van der Waals surface area contributed by atoms with E-state index >= 15 is 0 Å². The molecule has 7 nitrogen and oxygen atoms in total. The zero-order valence-corrected chi connectivity index (χ0v) is 21.6. The van der Waals surface area contributed by atoms with Crippen molar-refractivity contribution >= 4 is 51.3 Å². The lowest BCUT2D eigenvalue weighted by Crippen LogP contribution is -2.31. The third-order valence-corrected chi connectivity index (χ3v) is 8.75. The topological polar surface area (TPSA) is 96.3 Å². The molecule has 0 spiro atoms. The summed E-state index contributed by atoms with van der Waals surface area (Å²) in [5.41, 5.74) is 2.00. The van der Waals surface area contributed by atoms with Crippen molar-refractivity contribution in [2.75, 3.05) is 4.90 Å². The molecule has 2 aromatic heterocycles. The Hall–Kier alpha value is -3.41. The average molecular weight is 539 g/mol. The monoisotopic (exact) mass is 538 g/mol. The van der Waals surface area contributed by atoms with Crippen LogP contribution in [0.4, 0.5) is 9.52 Å². The van der Waals surface area contributed by atoms with Crippen LogP contribution in [0.5, 0.6) is 0 Å². The van der Waals surface area contributed by atoms with E-state index in [1.807, 2.05) is 30.3 Å². The second kappa shape index (κ2) is 9.92. The van der Waals surface area contributed by atoms with Gasteiger partial charge in [-0.15, -0.1) is 21.5 Å². The molecule has 1 atom stereocenters. The minimum absolute atomic E-state index is 0.0907. The fourth-order valence-electron chi connectivity index (χ4n) is 3.94. The molecule has 1 amide bonds. The summed E-state index contributed by atoms with van der Waals surface area (Å²) < 4.78 is 14.3. The van der Waals surface area contributed by atoms with Crippen molar-refractivity contribution in [1.82, 2.24) is 15.2 Å². The molecule has 5 rings (SSSR count). The highest BCUT2D eigenvalue weighted by Gasteiger charge is 2.46. The second-order valence-corrected chi connectivity index (χ2v) is 11.4. The van der Waals surface area contributed by atoms with E-state index in [1.165, 1.54) is 63.6 Å². The summed E-state index contributed by atoms with van der Waals surface area (Å²) in [6.45, 7) is 3.49. The largest absolute Gasteiger partial charge is 0.503 e. The number of aromatic nitrogens is 3. The highest BCUT2D eigenvalue weighted by atomic mass is 32.2. The van der Waals surface area contributed by atoms with E-state index in [9.17, 15) is 19.1 Å². The quantitative estimate of drug-likeness (QED) is 0.180. The molecule has 0 saturated heterocycles. The molecule has 0 radical (unpaired) electrons. The first kappa shape index (κ1) is 24.3. The Kier molecular flexibility index (Phi) is 6.69. The van der Waals surface area contributed by atoms with Gasteiger partial charge >= 0.3 is 0 Å². The number of aryl methyl sites for hydroxylation is 2. The fraction of sp³-hybridized carbons (Fsp3) is 0.160. The predicted molar refractivity (Wildman–Crippen MR) is 138 cm³/mol. The van der Waals surface area contributed by atoms with Crippen LogP contribution in [-0.4, -0.2) is 32.0 Å². The highest BCUT2D eigenvalue weighted by Crippen LogP contribution is 2.44. The van der Waals surface area contributed by atoms with Crippen molar-refractivity contribution in [1.29, 1.82) is 0 Å². The van der Waals surface area contributed by atoms with E-state index < -0.39 is 29.3 Å². The number of rotatable bonds is 7. The van der Waals surface area contributed by atoms with Gasteiger partial charge in [0.15, 0.2) is 10.1 Å². The van der Waals surface area contributed by atoms with Crippen molar-refractivity contribution in [3.8, 4) is 0 Å². The molecular weight excluding hydrogens is 519 g/mol. The van der Waals surface area contributed by atoms with E-state index in [-0.39, 0.29) is 10.7 Å². The van der Waals surface area contributed by atoms with Crippen LogP contribution in [0.3, 0.4) is 0 Å². The molecule has 11 heteroatoms. The molecular formula is C25H19FN4O3S3. The van der Waals surface area contributed by atoms with Crippen LogP contribution in [0.1, 0.15) is 37.5 Å². The molecule has 0 saturated carbocycles. The predicted octanol–water partition coefficient (Wildman–Crippen LogP) is 5.83. The first-order valence-electron chi connectivity index (χ1n) is 10.8. The van der Waals surface area contributed by atoms with E-state index in [2.05, 4.69) is 15.2 Å². The number of carbonyl (C=O) groups is 2. The molecule has 0 aliphatic carbocycles. The molecule has 1 N–H and O–H groups in total. The number of aliphatic hydroxyl groups excluding tert-OH is 1. The maximum absolute atomic E-state index is 13.7. The Morgan fingerprint density at radius 3 is 2.47 bits per heavy atom. The fourth-order valence-corrected chi connectivity index (χ4v) is 6.63. The molecule has 0 fully saturated rings. The normalized spacial score (nSPS) is 15.7. The number of benzene rings is 2. The summed E-state index contributed by atoms with van der Waals surface area (Å²) in [6.07, 6.45) is 0. The number of anilines is 1.